The largest absolute Gasteiger partial charge is 0.360 e. The van der Waals surface area contributed by atoms with Gasteiger partial charge in [0.1, 0.15) is 10.6 Å². The van der Waals surface area contributed by atoms with Crippen LogP contribution in [0.25, 0.3) is 0 Å². The topological polar surface area (TPSA) is 72.2 Å². The summed E-state index contributed by atoms with van der Waals surface area (Å²) in [5, 5.41) is 3.63. The van der Waals surface area contributed by atoms with E-state index in [-0.39, 0.29) is 4.90 Å². The van der Waals surface area contributed by atoms with E-state index in [2.05, 4.69) is 9.88 Å². The van der Waals surface area contributed by atoms with E-state index in [1.165, 1.54) is 0 Å². The summed E-state index contributed by atoms with van der Waals surface area (Å²) in [4.78, 5) is 0.183. The van der Waals surface area contributed by atoms with Gasteiger partial charge >= 0.3 is 0 Å². The average Bonchev–Trinajstić information content (AvgIpc) is 2.90. The van der Waals surface area contributed by atoms with Gasteiger partial charge in [-0.15, -0.1) is 0 Å². The lowest BCUT2D eigenvalue weighted by molar-refractivity contribution is 0.390. The van der Waals surface area contributed by atoms with Gasteiger partial charge in [-0.25, -0.2) is 13.1 Å². The fourth-order valence-corrected chi connectivity index (χ4v) is 2.92. The Morgan fingerprint density at radius 3 is 2.60 bits per heavy atom. The van der Waals surface area contributed by atoms with Crippen molar-refractivity contribution in [1.82, 2.24) is 9.88 Å². The fraction of sp³-hybridized carbons (Fsp3) is 0.667. The van der Waals surface area contributed by atoms with E-state index in [1.807, 2.05) is 0 Å². The van der Waals surface area contributed by atoms with Crippen LogP contribution in [0.4, 0.5) is 0 Å². The number of nitrogens with zero attached hydrogens (tertiary/aromatic N) is 1. The minimum absolute atomic E-state index is 0.183. The Hall–Kier alpha value is -0.880. The number of hydrogen-bond acceptors (Lipinski definition) is 4. The first kappa shape index (κ1) is 10.6. The van der Waals surface area contributed by atoms with Crippen molar-refractivity contribution in [1.29, 1.82) is 0 Å². The molecule has 0 radical (unpaired) electrons. The lowest BCUT2D eigenvalue weighted by atomic mass is 10.4. The SMILES string of the molecule is Cc1noc(C)c1S(=O)(=O)NCC1CC1. The van der Waals surface area contributed by atoms with Crippen LogP contribution in [0.1, 0.15) is 24.3 Å². The molecule has 0 aliphatic heterocycles. The standard InChI is InChI=1S/C9H14N2O3S/c1-6-9(7(2)14-11-6)15(12,13)10-5-8-3-4-8/h8,10H,3-5H2,1-2H3. The monoisotopic (exact) mass is 230 g/mol. The Labute approximate surface area is 88.9 Å². The fourth-order valence-electron chi connectivity index (χ4n) is 1.48. The molecule has 0 bridgehead atoms. The second kappa shape index (κ2) is 3.61. The molecule has 0 aromatic carbocycles. The van der Waals surface area contributed by atoms with Gasteiger partial charge in [0.25, 0.3) is 0 Å². The third-order valence-electron chi connectivity index (χ3n) is 2.50. The highest BCUT2D eigenvalue weighted by Gasteiger charge is 2.27. The molecule has 1 heterocycles. The van der Waals surface area contributed by atoms with Gasteiger partial charge in [-0.1, -0.05) is 5.16 Å². The summed E-state index contributed by atoms with van der Waals surface area (Å²) in [7, 11) is -3.44. The summed E-state index contributed by atoms with van der Waals surface area (Å²) in [6.07, 6.45) is 2.23. The molecular weight excluding hydrogens is 216 g/mol. The first-order chi connectivity index (χ1) is 7.00. The van der Waals surface area contributed by atoms with E-state index in [9.17, 15) is 8.42 Å². The molecule has 15 heavy (non-hydrogen) atoms. The summed E-state index contributed by atoms with van der Waals surface area (Å²) in [6.45, 7) is 3.75. The van der Waals surface area contributed by atoms with Crippen LogP contribution >= 0.6 is 0 Å². The molecule has 5 nitrogen and oxygen atoms in total. The zero-order valence-corrected chi connectivity index (χ0v) is 9.60. The number of rotatable bonds is 4. The van der Waals surface area contributed by atoms with E-state index in [4.69, 9.17) is 4.52 Å². The summed E-state index contributed by atoms with van der Waals surface area (Å²) in [6, 6.07) is 0. The molecule has 0 amide bonds. The van der Waals surface area contributed by atoms with Crippen molar-refractivity contribution >= 4 is 10.0 Å². The molecule has 0 spiro atoms. The molecule has 0 saturated heterocycles. The summed E-state index contributed by atoms with van der Waals surface area (Å²) in [5.74, 6) is 0.857. The van der Waals surface area contributed by atoms with Gasteiger partial charge in [-0.3, -0.25) is 0 Å². The lowest BCUT2D eigenvalue weighted by Gasteiger charge is -2.04. The third kappa shape index (κ3) is 2.21. The summed E-state index contributed by atoms with van der Waals surface area (Å²) >= 11 is 0. The zero-order valence-electron chi connectivity index (χ0n) is 8.78. The molecule has 1 aromatic heterocycles. The van der Waals surface area contributed by atoms with Crippen molar-refractivity contribution in [2.24, 2.45) is 5.92 Å². The molecule has 0 unspecified atom stereocenters. The Balaban J connectivity index is 2.20. The van der Waals surface area contributed by atoms with Crippen LogP contribution < -0.4 is 4.72 Å². The van der Waals surface area contributed by atoms with Crippen LogP contribution in [-0.2, 0) is 10.0 Å². The minimum Gasteiger partial charge on any atom is -0.360 e. The van der Waals surface area contributed by atoms with Gasteiger partial charge in [0, 0.05) is 6.54 Å². The van der Waals surface area contributed by atoms with Crippen LogP contribution in [0.3, 0.4) is 0 Å². The van der Waals surface area contributed by atoms with Crippen molar-refractivity contribution in [2.45, 2.75) is 31.6 Å². The van der Waals surface area contributed by atoms with Gasteiger partial charge in [-0.05, 0) is 32.6 Å². The van der Waals surface area contributed by atoms with Crippen molar-refractivity contribution in [3.63, 3.8) is 0 Å². The highest BCUT2D eigenvalue weighted by molar-refractivity contribution is 7.89. The second-order valence-corrected chi connectivity index (χ2v) is 5.65. The van der Waals surface area contributed by atoms with E-state index >= 15 is 0 Å². The van der Waals surface area contributed by atoms with Crippen molar-refractivity contribution in [3.05, 3.63) is 11.5 Å². The molecular formula is C9H14N2O3S. The molecule has 0 atom stereocenters. The maximum absolute atomic E-state index is 11.9. The summed E-state index contributed by atoms with van der Waals surface area (Å²) in [5.41, 5.74) is 0.413. The van der Waals surface area contributed by atoms with Gasteiger partial charge in [0.2, 0.25) is 10.0 Å². The van der Waals surface area contributed by atoms with Gasteiger partial charge in [0.15, 0.2) is 5.76 Å². The predicted octanol–water partition coefficient (Wildman–Crippen LogP) is 0.980. The van der Waals surface area contributed by atoms with E-state index in [1.54, 1.807) is 13.8 Å². The van der Waals surface area contributed by atoms with Crippen LogP contribution in [0.15, 0.2) is 9.42 Å². The number of nitrogens with one attached hydrogen (secondary N) is 1. The maximum atomic E-state index is 11.9. The molecule has 1 saturated carbocycles. The number of aryl methyl sites for hydroxylation is 2. The van der Waals surface area contributed by atoms with Gasteiger partial charge in [0.05, 0.1) is 0 Å². The Morgan fingerprint density at radius 2 is 2.13 bits per heavy atom. The molecule has 2 rings (SSSR count). The molecule has 1 aromatic rings. The first-order valence-electron chi connectivity index (χ1n) is 4.93. The molecule has 1 aliphatic carbocycles. The molecule has 1 fully saturated rings. The molecule has 1 aliphatic rings. The Kier molecular flexibility index (Phi) is 2.56. The van der Waals surface area contributed by atoms with Gasteiger partial charge in [-0.2, -0.15) is 0 Å². The van der Waals surface area contributed by atoms with Crippen LogP contribution in [0.5, 0.6) is 0 Å². The van der Waals surface area contributed by atoms with E-state index in [0.717, 1.165) is 12.8 Å². The van der Waals surface area contributed by atoms with Gasteiger partial charge < -0.3 is 4.52 Å². The highest BCUT2D eigenvalue weighted by Crippen LogP contribution is 2.28. The zero-order chi connectivity index (χ0) is 11.1. The van der Waals surface area contributed by atoms with Crippen molar-refractivity contribution < 1.29 is 12.9 Å². The average molecular weight is 230 g/mol. The number of sulfonamides is 1. The normalized spacial score (nSPS) is 16.9. The lowest BCUT2D eigenvalue weighted by Crippen LogP contribution is -2.26. The smallest absolute Gasteiger partial charge is 0.245 e. The quantitative estimate of drug-likeness (QED) is 0.836. The summed E-state index contributed by atoms with van der Waals surface area (Å²) < 4.78 is 31.1. The number of hydrogen-bond donors (Lipinski definition) is 1. The second-order valence-electron chi connectivity index (χ2n) is 3.95. The minimum atomic E-state index is -3.44. The highest BCUT2D eigenvalue weighted by atomic mass is 32.2. The predicted molar refractivity (Wildman–Crippen MR) is 53.9 cm³/mol. The van der Waals surface area contributed by atoms with Crippen LogP contribution in [-0.4, -0.2) is 20.1 Å². The Bertz CT molecular complexity index is 440. The third-order valence-corrected chi connectivity index (χ3v) is 4.16. The van der Waals surface area contributed by atoms with Crippen LogP contribution in [0.2, 0.25) is 0 Å². The maximum Gasteiger partial charge on any atom is 0.245 e. The first-order valence-corrected chi connectivity index (χ1v) is 6.41. The Morgan fingerprint density at radius 1 is 1.47 bits per heavy atom. The molecule has 6 heteroatoms. The molecule has 84 valence electrons. The molecule has 1 N–H and O–H groups in total. The number of aromatic nitrogens is 1. The van der Waals surface area contributed by atoms with E-state index in [0.29, 0.717) is 23.9 Å². The van der Waals surface area contributed by atoms with Crippen molar-refractivity contribution in [3.8, 4) is 0 Å². The van der Waals surface area contributed by atoms with Crippen LogP contribution in [0, 0.1) is 19.8 Å². The van der Waals surface area contributed by atoms with Crippen molar-refractivity contribution in [2.75, 3.05) is 6.54 Å². The van der Waals surface area contributed by atoms with E-state index < -0.39 is 10.0 Å².